The molecule has 0 bridgehead atoms. The Kier molecular flexibility index (Phi) is 8.81. The van der Waals surface area contributed by atoms with Crippen molar-refractivity contribution in [1.29, 1.82) is 0 Å². The van der Waals surface area contributed by atoms with Crippen LogP contribution in [0.25, 0.3) is 6.08 Å². The lowest BCUT2D eigenvalue weighted by Crippen LogP contribution is -2.33. The van der Waals surface area contributed by atoms with Crippen LogP contribution in [0.4, 0.5) is 11.4 Å². The summed E-state index contributed by atoms with van der Waals surface area (Å²) >= 11 is 0. The highest BCUT2D eigenvalue weighted by atomic mass is 16.2. The number of nitrogens with zero attached hydrogens (tertiary/aromatic N) is 1. The van der Waals surface area contributed by atoms with Crippen molar-refractivity contribution < 1.29 is 9.59 Å². The van der Waals surface area contributed by atoms with Crippen molar-refractivity contribution >= 4 is 29.3 Å². The molecule has 5 nitrogen and oxygen atoms in total. The van der Waals surface area contributed by atoms with Crippen LogP contribution in [0.2, 0.25) is 0 Å². The van der Waals surface area contributed by atoms with E-state index in [1.807, 2.05) is 45.0 Å². The summed E-state index contributed by atoms with van der Waals surface area (Å²) in [5, 5.41) is 5.81. The van der Waals surface area contributed by atoms with Gasteiger partial charge in [0.05, 0.1) is 6.54 Å². The number of hydrogen-bond acceptors (Lipinski definition) is 3. The van der Waals surface area contributed by atoms with Crippen molar-refractivity contribution in [3.8, 4) is 0 Å². The zero-order valence-corrected chi connectivity index (χ0v) is 18.7. The Bertz CT molecular complexity index is 882. The van der Waals surface area contributed by atoms with Gasteiger partial charge in [-0.15, -0.1) is 0 Å². The zero-order chi connectivity index (χ0) is 22.1. The topological polar surface area (TPSA) is 61.4 Å². The first-order chi connectivity index (χ1) is 14.3. The third-order valence-corrected chi connectivity index (χ3v) is 5.06. The maximum atomic E-state index is 12.2. The maximum Gasteiger partial charge on any atom is 0.248 e. The molecule has 0 fully saturated rings. The summed E-state index contributed by atoms with van der Waals surface area (Å²) in [7, 11) is 0. The van der Waals surface area contributed by atoms with Crippen molar-refractivity contribution in [3.05, 3.63) is 65.2 Å². The minimum Gasteiger partial charge on any atom is -0.325 e. The van der Waals surface area contributed by atoms with Gasteiger partial charge in [-0.25, -0.2) is 0 Å². The smallest absolute Gasteiger partial charge is 0.248 e. The fourth-order valence-electron chi connectivity index (χ4n) is 3.07. The third-order valence-electron chi connectivity index (χ3n) is 5.06. The lowest BCUT2D eigenvalue weighted by atomic mass is 10.0. The SMILES string of the molecule is CCN(CC)CC(=O)Nc1ccc(NC(=O)/C=C/c2ccc(C(C)C)cc2)cc1C. The van der Waals surface area contributed by atoms with Gasteiger partial charge in [0.1, 0.15) is 0 Å². The molecule has 2 rings (SSSR count). The number of rotatable bonds is 9. The van der Waals surface area contributed by atoms with Crippen LogP contribution in [0.5, 0.6) is 0 Å². The molecule has 0 aromatic heterocycles. The van der Waals surface area contributed by atoms with Crippen LogP contribution >= 0.6 is 0 Å². The first kappa shape index (κ1) is 23.4. The summed E-state index contributed by atoms with van der Waals surface area (Å²) in [6.45, 7) is 12.3. The summed E-state index contributed by atoms with van der Waals surface area (Å²) in [4.78, 5) is 26.5. The van der Waals surface area contributed by atoms with Crippen LogP contribution in [0.1, 0.15) is 50.3 Å². The van der Waals surface area contributed by atoms with Gasteiger partial charge >= 0.3 is 0 Å². The molecule has 30 heavy (non-hydrogen) atoms. The Hall–Kier alpha value is -2.92. The zero-order valence-electron chi connectivity index (χ0n) is 18.7. The molecule has 5 heteroatoms. The van der Waals surface area contributed by atoms with Crippen molar-refractivity contribution in [2.75, 3.05) is 30.3 Å². The molecule has 0 heterocycles. The molecule has 160 valence electrons. The minimum atomic E-state index is -0.194. The molecule has 2 N–H and O–H groups in total. The predicted octanol–water partition coefficient (Wildman–Crippen LogP) is 5.05. The second kappa shape index (κ2) is 11.3. The molecule has 0 radical (unpaired) electrons. The van der Waals surface area contributed by atoms with Gasteiger partial charge in [0.2, 0.25) is 11.8 Å². The molecule has 2 amide bonds. The number of carbonyl (C=O) groups excluding carboxylic acids is 2. The van der Waals surface area contributed by atoms with Crippen molar-refractivity contribution in [3.63, 3.8) is 0 Å². The monoisotopic (exact) mass is 407 g/mol. The lowest BCUT2D eigenvalue weighted by molar-refractivity contribution is -0.117. The van der Waals surface area contributed by atoms with Crippen LogP contribution in [0.3, 0.4) is 0 Å². The number of carbonyl (C=O) groups is 2. The molecular weight excluding hydrogens is 374 g/mol. The van der Waals surface area contributed by atoms with Crippen LogP contribution in [0.15, 0.2) is 48.5 Å². The van der Waals surface area contributed by atoms with E-state index in [1.165, 1.54) is 11.6 Å². The van der Waals surface area contributed by atoms with Gasteiger partial charge in [-0.05, 0) is 66.9 Å². The average molecular weight is 408 g/mol. The van der Waals surface area contributed by atoms with Crippen LogP contribution in [-0.4, -0.2) is 36.3 Å². The number of hydrogen-bond donors (Lipinski definition) is 2. The van der Waals surface area contributed by atoms with Crippen molar-refractivity contribution in [2.24, 2.45) is 0 Å². The fourth-order valence-corrected chi connectivity index (χ4v) is 3.07. The number of likely N-dealkylation sites (N-methyl/N-ethyl adjacent to an activating group) is 1. The Morgan fingerprint density at radius 3 is 2.23 bits per heavy atom. The van der Waals surface area contributed by atoms with Gasteiger partial charge in [0, 0.05) is 17.5 Å². The minimum absolute atomic E-state index is 0.0370. The Morgan fingerprint density at radius 2 is 1.67 bits per heavy atom. The highest BCUT2D eigenvalue weighted by molar-refractivity contribution is 6.02. The molecule has 2 aromatic carbocycles. The Balaban J connectivity index is 1.94. The summed E-state index contributed by atoms with van der Waals surface area (Å²) in [6.07, 6.45) is 3.33. The van der Waals surface area contributed by atoms with Gasteiger partial charge in [0.25, 0.3) is 0 Å². The van der Waals surface area contributed by atoms with Gasteiger partial charge in [-0.3, -0.25) is 14.5 Å². The van der Waals surface area contributed by atoms with Crippen molar-refractivity contribution in [1.82, 2.24) is 4.90 Å². The Morgan fingerprint density at radius 1 is 1.00 bits per heavy atom. The van der Waals surface area contributed by atoms with E-state index in [2.05, 4.69) is 41.5 Å². The molecule has 0 spiro atoms. The first-order valence-electron chi connectivity index (χ1n) is 10.5. The van der Waals surface area contributed by atoms with Crippen LogP contribution < -0.4 is 10.6 Å². The van der Waals surface area contributed by atoms with Gasteiger partial charge in [-0.1, -0.05) is 52.0 Å². The van der Waals surface area contributed by atoms with E-state index in [0.717, 1.165) is 29.9 Å². The molecular formula is C25H33N3O2. The second-order valence-corrected chi connectivity index (χ2v) is 7.68. The highest BCUT2D eigenvalue weighted by Crippen LogP contribution is 2.20. The number of aryl methyl sites for hydroxylation is 1. The van der Waals surface area contributed by atoms with Crippen LogP contribution in [-0.2, 0) is 9.59 Å². The van der Waals surface area contributed by atoms with E-state index in [4.69, 9.17) is 0 Å². The molecule has 0 atom stereocenters. The number of amides is 2. The van der Waals surface area contributed by atoms with Gasteiger partial charge < -0.3 is 10.6 Å². The third kappa shape index (κ3) is 7.16. The van der Waals surface area contributed by atoms with Gasteiger partial charge in [-0.2, -0.15) is 0 Å². The quantitative estimate of drug-likeness (QED) is 0.572. The summed E-state index contributed by atoms with van der Waals surface area (Å²) in [6, 6.07) is 13.7. The normalized spacial score (nSPS) is 11.3. The average Bonchev–Trinajstić information content (AvgIpc) is 2.72. The van der Waals surface area contributed by atoms with E-state index in [0.29, 0.717) is 18.2 Å². The Labute approximate surface area is 180 Å². The number of benzene rings is 2. The molecule has 0 saturated heterocycles. The summed E-state index contributed by atoms with van der Waals surface area (Å²) in [5.74, 6) is 0.255. The van der Waals surface area contributed by atoms with Gasteiger partial charge in [0.15, 0.2) is 0 Å². The largest absolute Gasteiger partial charge is 0.325 e. The fraction of sp³-hybridized carbons (Fsp3) is 0.360. The molecule has 0 unspecified atom stereocenters. The molecule has 2 aromatic rings. The standard InChI is InChI=1S/C25H33N3O2/c1-6-28(7-2)17-25(30)27-23-14-13-22(16-19(23)5)26-24(29)15-10-20-8-11-21(12-9-20)18(3)4/h8-16,18H,6-7,17H2,1-5H3,(H,26,29)(H,27,30)/b15-10+. The molecule has 0 aliphatic heterocycles. The summed E-state index contributed by atoms with van der Waals surface area (Å²) in [5.41, 5.74) is 4.60. The maximum absolute atomic E-state index is 12.2. The molecule has 0 saturated carbocycles. The highest BCUT2D eigenvalue weighted by Gasteiger charge is 2.09. The van der Waals surface area contributed by atoms with E-state index in [-0.39, 0.29) is 11.8 Å². The number of anilines is 2. The van der Waals surface area contributed by atoms with Crippen LogP contribution in [0, 0.1) is 6.92 Å². The molecule has 0 aliphatic carbocycles. The van der Waals surface area contributed by atoms with E-state index < -0.39 is 0 Å². The summed E-state index contributed by atoms with van der Waals surface area (Å²) < 4.78 is 0. The molecule has 0 aliphatic rings. The number of nitrogens with one attached hydrogen (secondary N) is 2. The second-order valence-electron chi connectivity index (χ2n) is 7.68. The first-order valence-corrected chi connectivity index (χ1v) is 10.5. The lowest BCUT2D eigenvalue weighted by Gasteiger charge is -2.18. The predicted molar refractivity (Wildman–Crippen MR) is 126 cm³/mol. The van der Waals surface area contributed by atoms with Crippen molar-refractivity contribution in [2.45, 2.75) is 40.5 Å². The van der Waals surface area contributed by atoms with E-state index >= 15 is 0 Å². The van der Waals surface area contributed by atoms with E-state index in [9.17, 15) is 9.59 Å². The van der Waals surface area contributed by atoms with E-state index in [1.54, 1.807) is 12.1 Å².